The summed E-state index contributed by atoms with van der Waals surface area (Å²) in [6.07, 6.45) is 3.46. The molecule has 0 saturated carbocycles. The highest BCUT2D eigenvalue weighted by Crippen LogP contribution is 2.21. The smallest absolute Gasteiger partial charge is 0.255 e. The van der Waals surface area contributed by atoms with Gasteiger partial charge >= 0.3 is 0 Å². The number of rotatable bonds is 3. The average Bonchev–Trinajstić information content (AvgIpc) is 3.07. The minimum absolute atomic E-state index is 0.0788. The fraction of sp³-hybridized carbons (Fsp3) is 0.278. The van der Waals surface area contributed by atoms with Gasteiger partial charge < -0.3 is 14.2 Å². The first-order valence-corrected chi connectivity index (χ1v) is 7.65. The number of nitrogens with zero attached hydrogens (tertiary/aromatic N) is 1. The second kappa shape index (κ2) is 6.62. The molecule has 0 radical (unpaired) electrons. The number of carbonyl (C=O) groups is 1. The summed E-state index contributed by atoms with van der Waals surface area (Å²) < 4.78 is 5.39. The molecule has 1 N–H and O–H groups in total. The molecule has 114 valence electrons. The molecule has 0 unspecified atom stereocenters. The zero-order valence-electron chi connectivity index (χ0n) is 12.8. The maximum absolute atomic E-state index is 12.9. The Morgan fingerprint density at radius 3 is 2.50 bits per heavy atom. The number of piperazine rings is 1. The summed E-state index contributed by atoms with van der Waals surface area (Å²) in [6, 6.07) is 13.5. The van der Waals surface area contributed by atoms with E-state index in [0.29, 0.717) is 11.3 Å². The van der Waals surface area contributed by atoms with Gasteiger partial charge in [-0.1, -0.05) is 30.3 Å². The van der Waals surface area contributed by atoms with Gasteiger partial charge in [-0.3, -0.25) is 4.79 Å². The quantitative estimate of drug-likeness (QED) is 0.864. The molecular formula is C18H21N2O2+. The number of carbonyl (C=O) groups excluding carboxylic acids is 1. The fourth-order valence-electron chi connectivity index (χ4n) is 2.66. The molecule has 0 bridgehead atoms. The maximum Gasteiger partial charge on any atom is 0.255 e. The van der Waals surface area contributed by atoms with E-state index in [1.807, 2.05) is 53.4 Å². The van der Waals surface area contributed by atoms with Gasteiger partial charge in [-0.2, -0.15) is 0 Å². The second-order valence-corrected chi connectivity index (χ2v) is 5.69. The average molecular weight is 297 g/mol. The van der Waals surface area contributed by atoms with Crippen LogP contribution in [0.2, 0.25) is 0 Å². The lowest BCUT2D eigenvalue weighted by atomic mass is 10.0. The number of hydrogen-bond donors (Lipinski definition) is 1. The Hall–Kier alpha value is -2.33. The molecule has 1 saturated heterocycles. The largest absolute Gasteiger partial charge is 0.465 e. The Kier molecular flexibility index (Phi) is 4.39. The highest BCUT2D eigenvalue weighted by atomic mass is 16.3. The first-order valence-electron chi connectivity index (χ1n) is 7.65. The monoisotopic (exact) mass is 297 g/mol. The topological polar surface area (TPSA) is 37.9 Å². The molecule has 22 heavy (non-hydrogen) atoms. The van der Waals surface area contributed by atoms with E-state index in [4.69, 9.17) is 4.42 Å². The number of likely N-dealkylation sites (N-methyl/N-ethyl adjacent to an activating group) is 1. The maximum atomic E-state index is 12.9. The Morgan fingerprint density at radius 1 is 1.14 bits per heavy atom. The molecule has 0 spiro atoms. The van der Waals surface area contributed by atoms with Crippen molar-refractivity contribution >= 4 is 17.6 Å². The van der Waals surface area contributed by atoms with Gasteiger partial charge in [-0.25, -0.2) is 0 Å². The molecule has 1 aromatic carbocycles. The summed E-state index contributed by atoms with van der Waals surface area (Å²) >= 11 is 0. The van der Waals surface area contributed by atoms with Crippen molar-refractivity contribution in [2.45, 2.75) is 0 Å². The van der Waals surface area contributed by atoms with Crippen molar-refractivity contribution in [2.24, 2.45) is 0 Å². The van der Waals surface area contributed by atoms with Gasteiger partial charge in [0, 0.05) is 0 Å². The van der Waals surface area contributed by atoms with E-state index in [1.165, 1.54) is 4.90 Å². The third-order valence-corrected chi connectivity index (χ3v) is 4.05. The number of nitrogens with one attached hydrogen (secondary N) is 1. The summed E-state index contributed by atoms with van der Waals surface area (Å²) in [5.41, 5.74) is 1.62. The molecule has 1 aliphatic heterocycles. The molecule has 2 aromatic rings. The number of amides is 1. The Balaban J connectivity index is 1.90. The van der Waals surface area contributed by atoms with Crippen molar-refractivity contribution in [1.29, 1.82) is 0 Å². The molecular weight excluding hydrogens is 276 g/mol. The van der Waals surface area contributed by atoms with E-state index in [0.717, 1.165) is 31.7 Å². The van der Waals surface area contributed by atoms with Crippen molar-refractivity contribution in [3.8, 4) is 0 Å². The van der Waals surface area contributed by atoms with Crippen LogP contribution in [-0.4, -0.2) is 44.0 Å². The predicted molar refractivity (Wildman–Crippen MR) is 86.2 cm³/mol. The SMILES string of the molecule is C[NH+]1CCN(C(=O)/C(=C/c2ccco2)c2ccccc2)CC1. The zero-order valence-corrected chi connectivity index (χ0v) is 12.8. The molecule has 2 heterocycles. The number of benzene rings is 1. The minimum atomic E-state index is 0.0788. The van der Waals surface area contributed by atoms with Crippen molar-refractivity contribution in [3.63, 3.8) is 0 Å². The van der Waals surface area contributed by atoms with Gasteiger partial charge in [-0.15, -0.1) is 0 Å². The molecule has 3 rings (SSSR count). The summed E-state index contributed by atoms with van der Waals surface area (Å²) in [6.45, 7) is 3.59. The van der Waals surface area contributed by atoms with Crippen molar-refractivity contribution in [2.75, 3.05) is 33.2 Å². The van der Waals surface area contributed by atoms with Crippen molar-refractivity contribution in [1.82, 2.24) is 4.90 Å². The van der Waals surface area contributed by atoms with Crippen LogP contribution in [0.5, 0.6) is 0 Å². The van der Waals surface area contributed by atoms with Crippen LogP contribution in [0, 0.1) is 0 Å². The third-order valence-electron chi connectivity index (χ3n) is 4.05. The van der Waals surface area contributed by atoms with E-state index in [1.54, 1.807) is 6.26 Å². The first kappa shape index (κ1) is 14.6. The van der Waals surface area contributed by atoms with Crippen LogP contribution in [0.15, 0.2) is 53.1 Å². The summed E-state index contributed by atoms with van der Waals surface area (Å²) in [7, 11) is 2.17. The van der Waals surface area contributed by atoms with Crippen LogP contribution in [-0.2, 0) is 4.79 Å². The van der Waals surface area contributed by atoms with Crippen LogP contribution in [0.1, 0.15) is 11.3 Å². The third kappa shape index (κ3) is 3.28. The standard InChI is InChI=1S/C18H20N2O2/c1-19-9-11-20(12-10-19)18(21)17(14-16-8-5-13-22-16)15-6-3-2-4-7-15/h2-8,13-14H,9-12H2,1H3/p+1/b17-14+. The van der Waals surface area contributed by atoms with Crippen molar-refractivity contribution < 1.29 is 14.1 Å². The molecule has 4 heteroatoms. The highest BCUT2D eigenvalue weighted by molar-refractivity contribution is 6.24. The number of quaternary nitrogens is 1. The Bertz CT molecular complexity index is 639. The summed E-state index contributed by atoms with van der Waals surface area (Å²) in [5, 5.41) is 0. The van der Waals surface area contributed by atoms with Crippen LogP contribution < -0.4 is 4.90 Å². The fourth-order valence-corrected chi connectivity index (χ4v) is 2.66. The summed E-state index contributed by atoms with van der Waals surface area (Å²) in [5.74, 6) is 0.780. The molecule has 4 nitrogen and oxygen atoms in total. The van der Waals surface area contributed by atoms with Gasteiger partial charge in [0.05, 0.1) is 45.1 Å². The molecule has 1 amide bonds. The molecule has 0 aliphatic carbocycles. The molecule has 1 fully saturated rings. The summed E-state index contributed by atoms with van der Waals surface area (Å²) in [4.78, 5) is 16.4. The normalized spacial score (nSPS) is 16.8. The molecule has 1 aliphatic rings. The Morgan fingerprint density at radius 2 is 1.86 bits per heavy atom. The Labute approximate surface area is 130 Å². The van der Waals surface area contributed by atoms with Crippen molar-refractivity contribution in [3.05, 3.63) is 60.1 Å². The van der Waals surface area contributed by atoms with E-state index >= 15 is 0 Å². The van der Waals surface area contributed by atoms with E-state index in [-0.39, 0.29) is 5.91 Å². The highest BCUT2D eigenvalue weighted by Gasteiger charge is 2.24. The van der Waals surface area contributed by atoms with Gasteiger partial charge in [0.15, 0.2) is 0 Å². The zero-order chi connectivity index (χ0) is 15.4. The predicted octanol–water partition coefficient (Wildman–Crippen LogP) is 1.18. The lowest BCUT2D eigenvalue weighted by Crippen LogP contribution is -3.12. The van der Waals surface area contributed by atoms with Crippen LogP contribution in [0.4, 0.5) is 0 Å². The van der Waals surface area contributed by atoms with Gasteiger partial charge in [0.25, 0.3) is 5.91 Å². The van der Waals surface area contributed by atoms with Gasteiger partial charge in [0.1, 0.15) is 5.76 Å². The molecule has 1 aromatic heterocycles. The first-order chi connectivity index (χ1) is 10.7. The lowest BCUT2D eigenvalue weighted by molar-refractivity contribution is -0.883. The van der Waals surface area contributed by atoms with Crippen LogP contribution in [0.25, 0.3) is 11.6 Å². The van der Waals surface area contributed by atoms with Gasteiger partial charge in [0.2, 0.25) is 0 Å². The molecule has 0 atom stereocenters. The van der Waals surface area contributed by atoms with Gasteiger partial charge in [-0.05, 0) is 23.8 Å². The van der Waals surface area contributed by atoms with Crippen LogP contribution in [0.3, 0.4) is 0 Å². The lowest BCUT2D eigenvalue weighted by Gasteiger charge is -2.30. The van der Waals surface area contributed by atoms with E-state index in [2.05, 4.69) is 7.05 Å². The number of hydrogen-bond acceptors (Lipinski definition) is 2. The van der Waals surface area contributed by atoms with E-state index in [9.17, 15) is 4.79 Å². The minimum Gasteiger partial charge on any atom is -0.465 e. The van der Waals surface area contributed by atoms with Crippen LogP contribution >= 0.6 is 0 Å². The number of furan rings is 1. The van der Waals surface area contributed by atoms with E-state index < -0.39 is 0 Å². The second-order valence-electron chi connectivity index (χ2n) is 5.69.